The van der Waals surface area contributed by atoms with Crippen LogP contribution in [0.5, 0.6) is 0 Å². The molecule has 1 saturated carbocycles. The lowest BCUT2D eigenvalue weighted by atomic mass is 9.90. The Morgan fingerprint density at radius 1 is 1.14 bits per heavy atom. The minimum absolute atomic E-state index is 0.602. The van der Waals surface area contributed by atoms with Gasteiger partial charge in [-0.3, -0.25) is 0 Å². The topological polar surface area (TPSA) is 34.0 Å². The van der Waals surface area contributed by atoms with Crippen LogP contribution in [-0.2, 0) is 0 Å². The molecule has 2 aromatic heterocycles. The van der Waals surface area contributed by atoms with Crippen molar-refractivity contribution >= 4 is 11.2 Å². The monoisotopic (exact) mass is 298 g/mol. The largest absolute Gasteiger partial charge is 0.309 e. The van der Waals surface area contributed by atoms with E-state index in [0.717, 1.165) is 11.2 Å². The highest BCUT2D eigenvalue weighted by Gasteiger charge is 2.31. The van der Waals surface area contributed by atoms with E-state index in [9.17, 15) is 0 Å². The van der Waals surface area contributed by atoms with Crippen molar-refractivity contribution < 1.29 is 0 Å². The summed E-state index contributed by atoms with van der Waals surface area (Å²) in [5.41, 5.74) is 2.18. The average molecular weight is 298 g/mol. The van der Waals surface area contributed by atoms with Gasteiger partial charge >= 0.3 is 0 Å². The summed E-state index contributed by atoms with van der Waals surface area (Å²) in [6.07, 6.45) is 8.30. The smallest absolute Gasteiger partial charge is 0.160 e. The molecule has 0 N–H and O–H groups in total. The molecule has 1 saturated heterocycles. The van der Waals surface area contributed by atoms with Crippen LogP contribution in [0.3, 0.4) is 0 Å². The summed E-state index contributed by atoms with van der Waals surface area (Å²) in [6.45, 7) is 7.00. The second-order valence-electron chi connectivity index (χ2n) is 7.17. The van der Waals surface area contributed by atoms with Crippen molar-refractivity contribution in [2.24, 2.45) is 0 Å². The zero-order chi connectivity index (χ0) is 15.1. The highest BCUT2D eigenvalue weighted by Crippen LogP contribution is 2.39. The molecule has 0 radical (unpaired) electrons. The van der Waals surface area contributed by atoms with Crippen LogP contribution in [0, 0.1) is 0 Å². The molecule has 22 heavy (non-hydrogen) atoms. The number of nitrogens with zero attached hydrogens (tertiary/aromatic N) is 4. The number of hydrogen-bond donors (Lipinski definition) is 0. The normalized spacial score (nSPS) is 21.6. The summed E-state index contributed by atoms with van der Waals surface area (Å²) >= 11 is 0. The van der Waals surface area contributed by atoms with Crippen molar-refractivity contribution in [1.29, 1.82) is 0 Å². The summed E-state index contributed by atoms with van der Waals surface area (Å²) < 4.78 is 2.48. The Balaban J connectivity index is 1.66. The van der Waals surface area contributed by atoms with Gasteiger partial charge in [0.2, 0.25) is 0 Å². The van der Waals surface area contributed by atoms with Gasteiger partial charge in [0.1, 0.15) is 11.3 Å². The van der Waals surface area contributed by atoms with Crippen LogP contribution in [0.1, 0.15) is 63.7 Å². The summed E-state index contributed by atoms with van der Waals surface area (Å²) in [5, 5.41) is 0. The van der Waals surface area contributed by atoms with Gasteiger partial charge in [-0.1, -0.05) is 0 Å². The molecule has 0 bridgehead atoms. The van der Waals surface area contributed by atoms with E-state index in [1.54, 1.807) is 0 Å². The molecule has 0 unspecified atom stereocenters. The van der Waals surface area contributed by atoms with Gasteiger partial charge < -0.3 is 9.47 Å². The lowest BCUT2D eigenvalue weighted by Gasteiger charge is -2.36. The molecule has 0 amide bonds. The highest BCUT2D eigenvalue weighted by molar-refractivity contribution is 5.71. The van der Waals surface area contributed by atoms with Crippen molar-refractivity contribution in [2.45, 2.75) is 64.0 Å². The third-order valence-electron chi connectivity index (χ3n) is 5.54. The maximum absolute atomic E-state index is 4.99. The van der Waals surface area contributed by atoms with Gasteiger partial charge in [0.25, 0.3) is 0 Å². The number of pyridine rings is 1. The van der Waals surface area contributed by atoms with E-state index in [-0.39, 0.29) is 0 Å². The number of imidazole rings is 1. The van der Waals surface area contributed by atoms with Gasteiger partial charge in [-0.05, 0) is 71.2 Å². The van der Waals surface area contributed by atoms with Gasteiger partial charge in [0.05, 0.1) is 0 Å². The number of aromatic nitrogens is 3. The Bertz CT molecular complexity index is 648. The Morgan fingerprint density at radius 3 is 2.55 bits per heavy atom. The van der Waals surface area contributed by atoms with Crippen LogP contribution in [-0.4, -0.2) is 38.6 Å². The first-order valence-electron chi connectivity index (χ1n) is 8.81. The Kier molecular flexibility index (Phi) is 3.65. The van der Waals surface area contributed by atoms with Crippen LogP contribution >= 0.6 is 0 Å². The SMILES string of the molecule is CC(C)N1CCC(c2nc3cccnc3n2C2CCC2)CC1. The minimum atomic E-state index is 0.602. The first kappa shape index (κ1) is 14.2. The van der Waals surface area contributed by atoms with Crippen molar-refractivity contribution in [1.82, 2.24) is 19.4 Å². The van der Waals surface area contributed by atoms with Crippen molar-refractivity contribution in [3.63, 3.8) is 0 Å². The molecule has 4 rings (SSSR count). The molecule has 0 aromatic carbocycles. The zero-order valence-corrected chi connectivity index (χ0v) is 13.7. The number of likely N-dealkylation sites (tertiary alicyclic amines) is 1. The fourth-order valence-electron chi connectivity index (χ4n) is 3.91. The maximum Gasteiger partial charge on any atom is 0.160 e. The van der Waals surface area contributed by atoms with Crippen LogP contribution < -0.4 is 0 Å². The molecular weight excluding hydrogens is 272 g/mol. The predicted octanol–water partition coefficient (Wildman–Crippen LogP) is 3.74. The number of rotatable bonds is 3. The van der Waals surface area contributed by atoms with E-state index in [2.05, 4.69) is 34.4 Å². The molecule has 0 spiro atoms. The first-order valence-corrected chi connectivity index (χ1v) is 8.81. The van der Waals surface area contributed by atoms with Gasteiger partial charge in [-0.25, -0.2) is 9.97 Å². The molecule has 118 valence electrons. The first-order chi connectivity index (χ1) is 10.7. The average Bonchev–Trinajstić information content (AvgIpc) is 2.85. The molecule has 4 heteroatoms. The molecule has 4 nitrogen and oxygen atoms in total. The van der Waals surface area contributed by atoms with E-state index in [4.69, 9.17) is 4.98 Å². The minimum Gasteiger partial charge on any atom is -0.309 e. The number of fused-ring (bicyclic) bond motifs is 1. The van der Waals surface area contributed by atoms with Gasteiger partial charge in [-0.15, -0.1) is 0 Å². The molecule has 2 aliphatic rings. The van der Waals surface area contributed by atoms with E-state index >= 15 is 0 Å². The molecule has 1 aliphatic carbocycles. The fourth-order valence-corrected chi connectivity index (χ4v) is 3.91. The quantitative estimate of drug-likeness (QED) is 0.865. The molecular formula is C18H26N4. The summed E-state index contributed by atoms with van der Waals surface area (Å²) in [4.78, 5) is 12.2. The summed E-state index contributed by atoms with van der Waals surface area (Å²) in [6, 6.07) is 5.42. The van der Waals surface area contributed by atoms with Crippen LogP contribution in [0.15, 0.2) is 18.3 Å². The molecule has 2 aromatic rings. The van der Waals surface area contributed by atoms with Crippen molar-refractivity contribution in [2.75, 3.05) is 13.1 Å². The Hall–Kier alpha value is -1.42. The summed E-state index contributed by atoms with van der Waals surface area (Å²) in [7, 11) is 0. The molecule has 3 heterocycles. The van der Waals surface area contributed by atoms with Crippen LogP contribution in [0.25, 0.3) is 11.2 Å². The van der Waals surface area contributed by atoms with Crippen molar-refractivity contribution in [3.05, 3.63) is 24.2 Å². The lowest BCUT2D eigenvalue weighted by Crippen LogP contribution is -2.38. The molecule has 2 fully saturated rings. The van der Waals surface area contributed by atoms with E-state index < -0.39 is 0 Å². The Morgan fingerprint density at radius 2 is 1.91 bits per heavy atom. The molecule has 0 atom stereocenters. The summed E-state index contributed by atoms with van der Waals surface area (Å²) in [5.74, 6) is 1.91. The van der Waals surface area contributed by atoms with Gasteiger partial charge in [0.15, 0.2) is 5.65 Å². The fraction of sp³-hybridized carbons (Fsp3) is 0.667. The third kappa shape index (κ3) is 2.34. The number of hydrogen-bond acceptors (Lipinski definition) is 3. The van der Waals surface area contributed by atoms with Crippen LogP contribution in [0.4, 0.5) is 0 Å². The van der Waals surface area contributed by atoms with Gasteiger partial charge in [0, 0.05) is 24.2 Å². The molecule has 1 aliphatic heterocycles. The number of piperidine rings is 1. The van der Waals surface area contributed by atoms with Gasteiger partial charge in [-0.2, -0.15) is 0 Å². The second kappa shape index (κ2) is 5.65. The Labute approximate surface area is 132 Å². The third-order valence-corrected chi connectivity index (χ3v) is 5.54. The maximum atomic E-state index is 4.99. The standard InChI is InChI=1S/C18H26N4/c1-13(2)21-11-8-14(9-12-21)17-20-16-7-4-10-19-18(16)22(17)15-5-3-6-15/h4,7,10,13-15H,3,5-6,8-9,11-12H2,1-2H3. The predicted molar refractivity (Wildman–Crippen MR) is 89.1 cm³/mol. The van der Waals surface area contributed by atoms with E-state index in [1.807, 2.05) is 12.3 Å². The van der Waals surface area contributed by atoms with E-state index in [0.29, 0.717) is 18.0 Å². The second-order valence-corrected chi connectivity index (χ2v) is 7.17. The van der Waals surface area contributed by atoms with Crippen molar-refractivity contribution in [3.8, 4) is 0 Å². The zero-order valence-electron chi connectivity index (χ0n) is 13.7. The lowest BCUT2D eigenvalue weighted by molar-refractivity contribution is 0.166. The highest BCUT2D eigenvalue weighted by atomic mass is 15.2. The van der Waals surface area contributed by atoms with Crippen LogP contribution in [0.2, 0.25) is 0 Å². The van der Waals surface area contributed by atoms with E-state index in [1.165, 1.54) is 51.0 Å².